The van der Waals surface area contributed by atoms with Crippen LogP contribution in [0.4, 0.5) is 0 Å². The van der Waals surface area contributed by atoms with E-state index in [9.17, 15) is 38.4 Å². The van der Waals surface area contributed by atoms with Gasteiger partial charge in [0, 0.05) is 27.2 Å². The summed E-state index contributed by atoms with van der Waals surface area (Å²) in [7, 11) is 2.51. The highest BCUT2D eigenvalue weighted by Crippen LogP contribution is 2.44. The van der Waals surface area contributed by atoms with Crippen molar-refractivity contribution in [2.24, 2.45) is 10.8 Å². The van der Waals surface area contributed by atoms with Crippen LogP contribution >= 0.6 is 0 Å². The molecular weight excluding hydrogens is 388 g/mol. The van der Waals surface area contributed by atoms with Crippen molar-refractivity contribution < 1.29 is 38.4 Å². The van der Waals surface area contributed by atoms with Crippen LogP contribution in [0.25, 0.3) is 0 Å². The Kier molecular flexibility index (Phi) is 4.74. The quantitative estimate of drug-likeness (QED) is 0.355. The molecule has 4 fully saturated rings. The van der Waals surface area contributed by atoms with E-state index in [0.717, 1.165) is 19.6 Å². The second-order valence-electron chi connectivity index (χ2n) is 6.55. The number of hydrogen-bond donors (Lipinski definition) is 0. The summed E-state index contributed by atoms with van der Waals surface area (Å²) in [6.07, 6.45) is 0. The van der Waals surface area contributed by atoms with Crippen molar-refractivity contribution in [3.63, 3.8) is 0 Å². The number of nitrogens with zero attached hydrogens (tertiary/aromatic N) is 4. The summed E-state index contributed by atoms with van der Waals surface area (Å²) >= 11 is 0. The van der Waals surface area contributed by atoms with E-state index in [1.54, 1.807) is 13.8 Å². The molecule has 0 aliphatic carbocycles. The third-order valence-corrected chi connectivity index (χ3v) is 5.40. The number of amides is 8. The standard InChI is InChI=1S/2C8H8N2O4.CH4/c2*1-3-10-6(13)8(7(10)14)4(11)9(2)5(8)12;/h2*3H2,1-2H3;1H4. The van der Waals surface area contributed by atoms with Gasteiger partial charge in [0.05, 0.1) is 0 Å². The Hall–Kier alpha value is -3.44. The van der Waals surface area contributed by atoms with Gasteiger partial charge in [-0.05, 0) is 13.8 Å². The molecule has 0 aromatic heterocycles. The normalized spacial score (nSPS) is 23.3. The molecule has 0 aromatic rings. The Morgan fingerprint density at radius 2 is 0.724 bits per heavy atom. The van der Waals surface area contributed by atoms with Crippen molar-refractivity contribution in [2.75, 3.05) is 27.2 Å². The molecule has 156 valence electrons. The molecule has 2 spiro atoms. The summed E-state index contributed by atoms with van der Waals surface area (Å²) < 4.78 is 0. The zero-order valence-corrected chi connectivity index (χ0v) is 15.5. The number of likely N-dealkylation sites (tertiary alicyclic amines) is 4. The second kappa shape index (κ2) is 6.29. The first-order valence-corrected chi connectivity index (χ1v) is 8.36. The van der Waals surface area contributed by atoms with Gasteiger partial charge in [-0.1, -0.05) is 7.43 Å². The molecule has 4 aliphatic heterocycles. The van der Waals surface area contributed by atoms with Crippen LogP contribution in [0.1, 0.15) is 21.3 Å². The molecule has 12 heteroatoms. The third-order valence-electron chi connectivity index (χ3n) is 5.40. The SMILES string of the molecule is C.CCN1C(=O)C2(C(=O)N(C)C2=O)C1=O.CCN1C(=O)C2(C(=O)N(C)C2=O)C1=O. The monoisotopic (exact) mass is 408 g/mol. The molecule has 0 radical (unpaired) electrons. The van der Waals surface area contributed by atoms with Crippen LogP contribution in [0.15, 0.2) is 0 Å². The maximum Gasteiger partial charge on any atom is 0.284 e. The second-order valence-corrected chi connectivity index (χ2v) is 6.55. The molecule has 0 bridgehead atoms. The van der Waals surface area contributed by atoms with Crippen LogP contribution in [0.5, 0.6) is 0 Å². The lowest BCUT2D eigenvalue weighted by Crippen LogP contribution is -2.83. The van der Waals surface area contributed by atoms with Crippen molar-refractivity contribution in [1.29, 1.82) is 0 Å². The zero-order chi connectivity index (χ0) is 21.3. The van der Waals surface area contributed by atoms with Crippen LogP contribution in [0, 0.1) is 10.8 Å². The van der Waals surface area contributed by atoms with Gasteiger partial charge in [0.2, 0.25) is 0 Å². The maximum absolute atomic E-state index is 11.4. The Bertz CT molecular complexity index is 780. The minimum atomic E-state index is -1.98. The van der Waals surface area contributed by atoms with Gasteiger partial charge >= 0.3 is 0 Å². The van der Waals surface area contributed by atoms with E-state index in [1.807, 2.05) is 0 Å². The third kappa shape index (κ3) is 1.93. The Balaban J connectivity index is 0.000000200. The molecule has 12 nitrogen and oxygen atoms in total. The maximum atomic E-state index is 11.4. The van der Waals surface area contributed by atoms with Crippen molar-refractivity contribution in [1.82, 2.24) is 19.6 Å². The van der Waals surface area contributed by atoms with Crippen LogP contribution < -0.4 is 0 Å². The molecule has 8 amide bonds. The van der Waals surface area contributed by atoms with Gasteiger partial charge in [-0.3, -0.25) is 58.0 Å². The first-order chi connectivity index (χ1) is 13.0. The molecule has 4 saturated heterocycles. The minimum absolute atomic E-state index is 0. The molecule has 0 aromatic carbocycles. The molecule has 0 saturated carbocycles. The smallest absolute Gasteiger partial charge is 0.282 e. The van der Waals surface area contributed by atoms with Gasteiger partial charge in [-0.2, -0.15) is 0 Å². The van der Waals surface area contributed by atoms with E-state index < -0.39 is 58.1 Å². The first-order valence-electron chi connectivity index (χ1n) is 8.36. The number of rotatable bonds is 2. The van der Waals surface area contributed by atoms with Crippen molar-refractivity contribution >= 4 is 47.3 Å². The largest absolute Gasteiger partial charge is 0.284 e. The summed E-state index contributed by atoms with van der Waals surface area (Å²) in [4.78, 5) is 94.2. The van der Waals surface area contributed by atoms with Gasteiger partial charge in [-0.15, -0.1) is 0 Å². The molecule has 4 heterocycles. The fourth-order valence-corrected chi connectivity index (χ4v) is 3.65. The zero-order valence-electron chi connectivity index (χ0n) is 15.5. The topological polar surface area (TPSA) is 150 Å². The molecule has 0 atom stereocenters. The van der Waals surface area contributed by atoms with E-state index in [1.165, 1.54) is 14.1 Å². The van der Waals surface area contributed by atoms with Crippen molar-refractivity contribution in [3.05, 3.63) is 0 Å². The van der Waals surface area contributed by atoms with Crippen LogP contribution in [0.3, 0.4) is 0 Å². The number of carbonyl (C=O) groups is 8. The van der Waals surface area contributed by atoms with Gasteiger partial charge in [0.1, 0.15) is 0 Å². The highest BCUT2D eigenvalue weighted by Gasteiger charge is 2.79. The summed E-state index contributed by atoms with van der Waals surface area (Å²) in [5.74, 6) is -5.55. The van der Waals surface area contributed by atoms with Crippen molar-refractivity contribution in [3.8, 4) is 0 Å². The fourth-order valence-electron chi connectivity index (χ4n) is 3.65. The molecule has 0 N–H and O–H groups in total. The predicted molar refractivity (Wildman–Crippen MR) is 91.9 cm³/mol. The van der Waals surface area contributed by atoms with Crippen LogP contribution in [-0.4, -0.2) is 94.0 Å². The average molecular weight is 408 g/mol. The summed E-state index contributed by atoms with van der Waals surface area (Å²) in [6, 6.07) is 0. The predicted octanol–water partition coefficient (Wildman–Crippen LogP) is -2.64. The van der Waals surface area contributed by atoms with Gasteiger partial charge in [0.25, 0.3) is 58.1 Å². The van der Waals surface area contributed by atoms with Crippen LogP contribution in [0.2, 0.25) is 0 Å². The summed E-state index contributed by atoms with van der Waals surface area (Å²) in [5, 5.41) is 0. The van der Waals surface area contributed by atoms with E-state index in [2.05, 4.69) is 0 Å². The van der Waals surface area contributed by atoms with Crippen LogP contribution in [-0.2, 0) is 38.4 Å². The molecule has 4 aliphatic rings. The first kappa shape index (κ1) is 21.9. The fraction of sp³-hybridized carbons (Fsp3) is 0.529. The van der Waals surface area contributed by atoms with E-state index in [0.29, 0.717) is 0 Å². The Morgan fingerprint density at radius 3 is 0.897 bits per heavy atom. The lowest BCUT2D eigenvalue weighted by atomic mass is 9.69. The molecule has 29 heavy (non-hydrogen) atoms. The molecule has 4 rings (SSSR count). The van der Waals surface area contributed by atoms with Gasteiger partial charge in [-0.25, -0.2) is 0 Å². The summed E-state index contributed by atoms with van der Waals surface area (Å²) in [6.45, 7) is 3.62. The van der Waals surface area contributed by atoms with Gasteiger partial charge < -0.3 is 0 Å². The van der Waals surface area contributed by atoms with Crippen molar-refractivity contribution in [2.45, 2.75) is 21.3 Å². The molecular formula is C17H20N4O8. The lowest BCUT2D eigenvalue weighted by Gasteiger charge is -2.51. The average Bonchev–Trinajstić information content (AvgIpc) is 2.69. The Labute approximate surface area is 165 Å². The van der Waals surface area contributed by atoms with Gasteiger partial charge in [0.15, 0.2) is 0 Å². The Morgan fingerprint density at radius 1 is 0.517 bits per heavy atom. The number of carbonyl (C=O) groups excluding carboxylic acids is 8. The highest BCUT2D eigenvalue weighted by atomic mass is 16.2. The summed E-state index contributed by atoms with van der Waals surface area (Å²) in [5.41, 5.74) is -3.96. The van der Waals surface area contributed by atoms with E-state index in [-0.39, 0.29) is 20.5 Å². The number of hydrogen-bond acceptors (Lipinski definition) is 8. The number of imide groups is 4. The number of β-lactam (4-membered cyclic amide) rings is 8. The molecule has 0 unspecified atom stereocenters. The minimum Gasteiger partial charge on any atom is -0.282 e. The highest BCUT2D eigenvalue weighted by molar-refractivity contribution is 6.53. The van der Waals surface area contributed by atoms with E-state index >= 15 is 0 Å². The lowest BCUT2D eigenvalue weighted by molar-refractivity contribution is -0.201. The van der Waals surface area contributed by atoms with E-state index in [4.69, 9.17) is 0 Å².